The summed E-state index contributed by atoms with van der Waals surface area (Å²) < 4.78 is 6.13. The Balaban J connectivity index is 2.35. The third kappa shape index (κ3) is 2.91. The van der Waals surface area contributed by atoms with Gasteiger partial charge in [0.15, 0.2) is 0 Å². The zero-order chi connectivity index (χ0) is 14.0. The molecule has 0 amide bonds. The molecule has 19 heavy (non-hydrogen) atoms. The first-order chi connectivity index (χ1) is 9.02. The molecule has 3 N–H and O–H groups in total. The van der Waals surface area contributed by atoms with Crippen LogP contribution in [-0.2, 0) is 6.42 Å². The van der Waals surface area contributed by atoms with Crippen molar-refractivity contribution in [2.75, 3.05) is 12.8 Å². The van der Waals surface area contributed by atoms with E-state index in [2.05, 4.69) is 27.6 Å². The second kappa shape index (κ2) is 5.64. The molecule has 0 fully saturated rings. The Morgan fingerprint density at radius 3 is 2.53 bits per heavy atom. The summed E-state index contributed by atoms with van der Waals surface area (Å²) in [6.45, 7) is 1.86. The summed E-state index contributed by atoms with van der Waals surface area (Å²) in [6, 6.07) is 7.78. The molecule has 0 bridgehead atoms. The lowest BCUT2D eigenvalue weighted by Crippen LogP contribution is -2.18. The van der Waals surface area contributed by atoms with Crippen LogP contribution in [0.4, 0.5) is 5.69 Å². The van der Waals surface area contributed by atoms with Gasteiger partial charge in [0.05, 0.1) is 7.11 Å². The molecule has 0 aliphatic heterocycles. The molecule has 1 aromatic carbocycles. The van der Waals surface area contributed by atoms with Gasteiger partial charge in [-0.05, 0) is 52.8 Å². The lowest BCUT2D eigenvalue weighted by atomic mass is 10.1. The standard InChI is InChI=1S/C14H15IN2O2/c1-8-12(15)11(17-14(18)13(8)16)7-9-3-5-10(19-2)6-4-9/h3-6H,7,16H2,1-2H3,(H,17,18). The lowest BCUT2D eigenvalue weighted by molar-refractivity contribution is 0.414. The van der Waals surface area contributed by atoms with Gasteiger partial charge in [-0.1, -0.05) is 12.1 Å². The zero-order valence-corrected chi connectivity index (χ0v) is 12.9. The van der Waals surface area contributed by atoms with Gasteiger partial charge in [0.2, 0.25) is 0 Å². The van der Waals surface area contributed by atoms with Crippen LogP contribution in [0.25, 0.3) is 0 Å². The predicted molar refractivity (Wildman–Crippen MR) is 84.7 cm³/mol. The van der Waals surface area contributed by atoms with Crippen LogP contribution in [-0.4, -0.2) is 12.1 Å². The molecule has 1 aromatic heterocycles. The molecule has 0 saturated heterocycles. The summed E-state index contributed by atoms with van der Waals surface area (Å²) in [6.07, 6.45) is 0.665. The number of halogens is 1. The smallest absolute Gasteiger partial charge is 0.271 e. The molecule has 0 saturated carbocycles. The lowest BCUT2D eigenvalue weighted by Gasteiger charge is -2.09. The normalized spacial score (nSPS) is 10.5. The number of H-pyrrole nitrogens is 1. The first kappa shape index (κ1) is 13.9. The predicted octanol–water partition coefficient (Wildman–Crippen LogP) is 2.47. The van der Waals surface area contributed by atoms with E-state index in [1.54, 1.807) is 7.11 Å². The van der Waals surface area contributed by atoms with Gasteiger partial charge >= 0.3 is 0 Å². The number of hydrogen-bond donors (Lipinski definition) is 2. The van der Waals surface area contributed by atoms with Crippen molar-refractivity contribution >= 4 is 28.3 Å². The number of nitrogens with one attached hydrogen (secondary N) is 1. The summed E-state index contributed by atoms with van der Waals surface area (Å²) in [7, 11) is 1.64. The van der Waals surface area contributed by atoms with Gasteiger partial charge in [-0.3, -0.25) is 4.79 Å². The van der Waals surface area contributed by atoms with Crippen LogP contribution in [0.2, 0.25) is 0 Å². The maximum absolute atomic E-state index is 11.7. The number of pyridine rings is 1. The zero-order valence-electron chi connectivity index (χ0n) is 10.8. The van der Waals surface area contributed by atoms with E-state index in [1.165, 1.54) is 0 Å². The average Bonchev–Trinajstić information content (AvgIpc) is 2.43. The first-order valence-electron chi connectivity index (χ1n) is 5.82. The fourth-order valence-electron chi connectivity index (χ4n) is 1.84. The van der Waals surface area contributed by atoms with Crippen molar-refractivity contribution in [2.45, 2.75) is 13.3 Å². The summed E-state index contributed by atoms with van der Waals surface area (Å²) in [5.74, 6) is 0.820. The number of aromatic amines is 1. The molecule has 0 unspecified atom stereocenters. The van der Waals surface area contributed by atoms with E-state index in [-0.39, 0.29) is 5.56 Å². The van der Waals surface area contributed by atoms with Crippen LogP contribution in [0, 0.1) is 10.5 Å². The van der Waals surface area contributed by atoms with Crippen molar-refractivity contribution in [1.82, 2.24) is 4.98 Å². The maximum atomic E-state index is 11.7. The van der Waals surface area contributed by atoms with E-state index in [9.17, 15) is 4.79 Å². The van der Waals surface area contributed by atoms with E-state index in [0.29, 0.717) is 12.1 Å². The minimum Gasteiger partial charge on any atom is -0.497 e. The maximum Gasteiger partial charge on any atom is 0.271 e. The monoisotopic (exact) mass is 370 g/mol. The summed E-state index contributed by atoms with van der Waals surface area (Å²) in [4.78, 5) is 14.5. The van der Waals surface area contributed by atoms with E-state index >= 15 is 0 Å². The van der Waals surface area contributed by atoms with Crippen molar-refractivity contribution in [1.29, 1.82) is 0 Å². The quantitative estimate of drug-likeness (QED) is 0.816. The third-order valence-electron chi connectivity index (χ3n) is 3.05. The molecule has 0 aliphatic rings. The van der Waals surface area contributed by atoms with Crippen molar-refractivity contribution in [3.8, 4) is 5.75 Å². The fraction of sp³-hybridized carbons (Fsp3) is 0.214. The van der Waals surface area contributed by atoms with Crippen molar-refractivity contribution in [2.24, 2.45) is 0 Å². The highest BCUT2D eigenvalue weighted by atomic mass is 127. The van der Waals surface area contributed by atoms with Crippen LogP contribution < -0.4 is 16.0 Å². The number of ether oxygens (including phenoxy) is 1. The molecule has 1 heterocycles. The van der Waals surface area contributed by atoms with Gasteiger partial charge in [0.25, 0.3) is 5.56 Å². The van der Waals surface area contributed by atoms with Gasteiger partial charge in [0.1, 0.15) is 11.4 Å². The van der Waals surface area contributed by atoms with Crippen molar-refractivity contribution < 1.29 is 4.74 Å². The molecule has 100 valence electrons. The van der Waals surface area contributed by atoms with Crippen LogP contribution >= 0.6 is 22.6 Å². The van der Waals surface area contributed by atoms with Crippen LogP contribution in [0.3, 0.4) is 0 Å². The largest absolute Gasteiger partial charge is 0.497 e. The Kier molecular flexibility index (Phi) is 4.14. The Hall–Kier alpha value is -1.50. The first-order valence-corrected chi connectivity index (χ1v) is 6.90. The molecule has 0 radical (unpaired) electrons. The fourth-order valence-corrected chi connectivity index (χ4v) is 2.46. The molecule has 4 nitrogen and oxygen atoms in total. The number of rotatable bonds is 3. The van der Waals surface area contributed by atoms with Crippen LogP contribution in [0.5, 0.6) is 5.75 Å². The van der Waals surface area contributed by atoms with E-state index in [0.717, 1.165) is 26.1 Å². The number of anilines is 1. The van der Waals surface area contributed by atoms with E-state index in [4.69, 9.17) is 10.5 Å². The Labute approximate surface area is 125 Å². The number of benzene rings is 1. The topological polar surface area (TPSA) is 68.1 Å². The minimum absolute atomic E-state index is 0.221. The van der Waals surface area contributed by atoms with Crippen molar-refractivity contribution in [3.63, 3.8) is 0 Å². The summed E-state index contributed by atoms with van der Waals surface area (Å²) in [5.41, 5.74) is 8.63. The molecule has 5 heteroatoms. The number of nitrogen functional groups attached to an aromatic ring is 1. The van der Waals surface area contributed by atoms with Crippen LogP contribution in [0.1, 0.15) is 16.8 Å². The molecular weight excluding hydrogens is 355 g/mol. The third-order valence-corrected chi connectivity index (χ3v) is 4.51. The second-order valence-electron chi connectivity index (χ2n) is 4.31. The Morgan fingerprint density at radius 1 is 1.32 bits per heavy atom. The van der Waals surface area contributed by atoms with E-state index in [1.807, 2.05) is 31.2 Å². The van der Waals surface area contributed by atoms with Gasteiger partial charge in [0, 0.05) is 15.7 Å². The summed E-state index contributed by atoms with van der Waals surface area (Å²) >= 11 is 2.21. The highest BCUT2D eigenvalue weighted by Gasteiger charge is 2.10. The summed E-state index contributed by atoms with van der Waals surface area (Å²) in [5, 5.41) is 0. The number of aromatic nitrogens is 1. The van der Waals surface area contributed by atoms with Gasteiger partial charge in [-0.25, -0.2) is 0 Å². The highest BCUT2D eigenvalue weighted by Crippen LogP contribution is 2.21. The number of hydrogen-bond acceptors (Lipinski definition) is 3. The highest BCUT2D eigenvalue weighted by molar-refractivity contribution is 14.1. The number of methoxy groups -OCH3 is 1. The van der Waals surface area contributed by atoms with E-state index < -0.39 is 0 Å². The Morgan fingerprint density at radius 2 is 1.95 bits per heavy atom. The molecular formula is C14H15IN2O2. The molecule has 2 rings (SSSR count). The van der Waals surface area contributed by atoms with Gasteiger partial charge in [-0.15, -0.1) is 0 Å². The second-order valence-corrected chi connectivity index (χ2v) is 5.39. The number of nitrogens with two attached hydrogens (primary N) is 1. The average molecular weight is 370 g/mol. The molecule has 0 aliphatic carbocycles. The van der Waals surface area contributed by atoms with Gasteiger partial charge in [-0.2, -0.15) is 0 Å². The minimum atomic E-state index is -0.221. The van der Waals surface area contributed by atoms with Crippen LogP contribution in [0.15, 0.2) is 29.1 Å². The molecule has 2 aromatic rings. The molecule has 0 atom stereocenters. The van der Waals surface area contributed by atoms with Gasteiger partial charge < -0.3 is 15.5 Å². The Bertz CT molecular complexity index is 648. The van der Waals surface area contributed by atoms with Crippen molar-refractivity contribution in [3.05, 3.63) is 55.0 Å². The molecule has 0 spiro atoms. The SMILES string of the molecule is COc1ccc(Cc2[nH]c(=O)c(N)c(C)c2I)cc1.